The molecule has 0 aliphatic carbocycles. The Kier molecular flexibility index (Phi) is 1.43. The average molecular weight is 159 g/mol. The predicted molar refractivity (Wildman–Crippen MR) is 45.5 cm³/mol. The maximum Gasteiger partial charge on any atom is 0.234 e. The van der Waals surface area contributed by atoms with Crippen molar-refractivity contribution in [3.05, 3.63) is 30.0 Å². The Morgan fingerprint density at radius 1 is 1.50 bits per heavy atom. The fourth-order valence-corrected chi connectivity index (χ4v) is 1.27. The Bertz CT molecular complexity index is 431. The van der Waals surface area contributed by atoms with Crippen molar-refractivity contribution in [2.45, 2.75) is 0 Å². The molecule has 3 nitrogen and oxygen atoms in total. The maximum atomic E-state index is 10.5. The van der Waals surface area contributed by atoms with E-state index in [0.29, 0.717) is 5.56 Å². The molecule has 59 valence electrons. The van der Waals surface area contributed by atoms with Crippen LogP contribution in [0, 0.1) is 0 Å². The van der Waals surface area contributed by atoms with Crippen LogP contribution in [0.5, 0.6) is 0 Å². The molecule has 1 radical (unpaired) electrons. The minimum absolute atomic E-state index is 0.570. The first kappa shape index (κ1) is 7.03. The molecule has 0 spiro atoms. The third-order valence-electron chi connectivity index (χ3n) is 1.90. The highest BCUT2D eigenvalue weighted by molar-refractivity contribution is 5.96. The lowest BCUT2D eigenvalue weighted by atomic mass is 10.1. The Morgan fingerprint density at radius 2 is 2.33 bits per heavy atom. The summed E-state index contributed by atoms with van der Waals surface area (Å²) < 4.78 is 1.73. The van der Waals surface area contributed by atoms with Crippen molar-refractivity contribution in [2.75, 3.05) is 0 Å². The molecule has 0 saturated carbocycles. The van der Waals surface area contributed by atoms with Crippen molar-refractivity contribution in [3.8, 4) is 0 Å². The van der Waals surface area contributed by atoms with Gasteiger partial charge in [0, 0.05) is 18.0 Å². The summed E-state index contributed by atoms with van der Waals surface area (Å²) in [6.07, 6.45) is 3.56. The predicted octanol–water partition coefficient (Wildman–Crippen LogP) is 1.03. The molecule has 0 aliphatic rings. The van der Waals surface area contributed by atoms with E-state index in [9.17, 15) is 4.79 Å². The van der Waals surface area contributed by atoms with Crippen LogP contribution in [0.2, 0.25) is 0 Å². The number of nitrogens with zero attached hydrogens (tertiary/aromatic N) is 2. The second-order valence-corrected chi connectivity index (χ2v) is 2.61. The van der Waals surface area contributed by atoms with Crippen molar-refractivity contribution in [1.29, 1.82) is 0 Å². The number of benzene rings is 1. The number of aromatic nitrogens is 2. The van der Waals surface area contributed by atoms with Gasteiger partial charge in [0.25, 0.3) is 0 Å². The van der Waals surface area contributed by atoms with Gasteiger partial charge in [-0.25, -0.2) is 0 Å². The van der Waals surface area contributed by atoms with Crippen LogP contribution in [0.25, 0.3) is 10.9 Å². The Labute approximate surface area is 69.6 Å². The first-order valence-electron chi connectivity index (χ1n) is 3.62. The minimum Gasteiger partial charge on any atom is -0.285 e. The summed E-state index contributed by atoms with van der Waals surface area (Å²) in [7, 11) is 1.84. The third-order valence-corrected chi connectivity index (χ3v) is 1.90. The summed E-state index contributed by atoms with van der Waals surface area (Å²) in [4.78, 5) is 10.5. The highest BCUT2D eigenvalue weighted by Crippen LogP contribution is 2.15. The van der Waals surface area contributed by atoms with Gasteiger partial charge in [-0.2, -0.15) is 5.10 Å². The van der Waals surface area contributed by atoms with Gasteiger partial charge in [-0.15, -0.1) is 0 Å². The highest BCUT2D eigenvalue weighted by Gasteiger charge is 2.02. The molecule has 1 heterocycles. The van der Waals surface area contributed by atoms with Crippen molar-refractivity contribution >= 4 is 17.2 Å². The molecule has 0 N–H and O–H groups in total. The van der Waals surface area contributed by atoms with Gasteiger partial charge in [-0.1, -0.05) is 12.1 Å². The van der Waals surface area contributed by atoms with Crippen LogP contribution < -0.4 is 0 Å². The summed E-state index contributed by atoms with van der Waals surface area (Å²) in [6.45, 7) is 0. The van der Waals surface area contributed by atoms with Crippen LogP contribution in [-0.4, -0.2) is 16.1 Å². The molecule has 3 heteroatoms. The van der Waals surface area contributed by atoms with Crippen molar-refractivity contribution in [3.63, 3.8) is 0 Å². The maximum absolute atomic E-state index is 10.5. The second kappa shape index (κ2) is 2.44. The quantitative estimate of drug-likeness (QED) is 0.623. The molecular formula is C9H7N2O. The average Bonchev–Trinajstić information content (AvgIpc) is 2.48. The van der Waals surface area contributed by atoms with E-state index in [1.807, 2.05) is 25.5 Å². The lowest BCUT2D eigenvalue weighted by Gasteiger charge is -1.93. The summed E-state index contributed by atoms with van der Waals surface area (Å²) in [5.41, 5.74) is 1.52. The van der Waals surface area contributed by atoms with Crippen LogP contribution in [0.15, 0.2) is 24.4 Å². The molecule has 0 atom stereocenters. The third kappa shape index (κ3) is 0.830. The van der Waals surface area contributed by atoms with Crippen LogP contribution >= 0.6 is 0 Å². The van der Waals surface area contributed by atoms with Gasteiger partial charge in [0.2, 0.25) is 6.29 Å². The van der Waals surface area contributed by atoms with Gasteiger partial charge < -0.3 is 0 Å². The van der Waals surface area contributed by atoms with Gasteiger partial charge in [0.1, 0.15) is 0 Å². The zero-order valence-corrected chi connectivity index (χ0v) is 6.61. The zero-order chi connectivity index (χ0) is 8.55. The lowest BCUT2D eigenvalue weighted by Crippen LogP contribution is -1.88. The van der Waals surface area contributed by atoms with E-state index in [1.54, 1.807) is 16.9 Å². The molecule has 1 aromatic heterocycles. The van der Waals surface area contributed by atoms with Crippen LogP contribution in [0.3, 0.4) is 0 Å². The van der Waals surface area contributed by atoms with E-state index in [4.69, 9.17) is 0 Å². The van der Waals surface area contributed by atoms with Crippen molar-refractivity contribution < 1.29 is 4.79 Å². The van der Waals surface area contributed by atoms with E-state index >= 15 is 0 Å². The zero-order valence-electron chi connectivity index (χ0n) is 6.61. The van der Waals surface area contributed by atoms with Crippen LogP contribution in [0.1, 0.15) is 5.56 Å². The van der Waals surface area contributed by atoms with Gasteiger partial charge in [-0.05, 0) is 6.07 Å². The monoisotopic (exact) mass is 159 g/mol. The Hall–Kier alpha value is -1.64. The van der Waals surface area contributed by atoms with E-state index in [2.05, 4.69) is 5.10 Å². The largest absolute Gasteiger partial charge is 0.285 e. The van der Waals surface area contributed by atoms with E-state index in [0.717, 1.165) is 10.9 Å². The van der Waals surface area contributed by atoms with E-state index < -0.39 is 0 Å². The minimum atomic E-state index is 0.570. The van der Waals surface area contributed by atoms with E-state index in [1.165, 1.54) is 0 Å². The topological polar surface area (TPSA) is 34.9 Å². The standard InChI is InChI=1S/C9H7N2O/c1-11-9-4-2-3-7(6-12)8(9)5-10-11/h2-5H,1H3. The van der Waals surface area contributed by atoms with Gasteiger partial charge >= 0.3 is 0 Å². The molecule has 1 aromatic carbocycles. The second-order valence-electron chi connectivity index (χ2n) is 2.61. The van der Waals surface area contributed by atoms with Crippen molar-refractivity contribution in [2.24, 2.45) is 7.05 Å². The van der Waals surface area contributed by atoms with E-state index in [-0.39, 0.29) is 0 Å². The number of carbonyl (C=O) groups excluding carboxylic acids is 1. The summed E-state index contributed by atoms with van der Waals surface area (Å²) in [5, 5.41) is 4.90. The number of hydrogen-bond donors (Lipinski definition) is 0. The fraction of sp³-hybridized carbons (Fsp3) is 0.111. The summed E-state index contributed by atoms with van der Waals surface area (Å²) in [5.74, 6) is 0. The molecule has 2 aromatic rings. The molecule has 0 fully saturated rings. The van der Waals surface area contributed by atoms with Gasteiger partial charge in [0.15, 0.2) is 0 Å². The molecule has 0 saturated heterocycles. The summed E-state index contributed by atoms with van der Waals surface area (Å²) >= 11 is 0. The number of hydrogen-bond acceptors (Lipinski definition) is 2. The molecule has 0 amide bonds. The molecule has 0 aliphatic heterocycles. The SMILES string of the molecule is Cn1ncc2c([C]=O)cccc21. The molecule has 0 unspecified atom stereocenters. The number of rotatable bonds is 1. The Balaban J connectivity index is 2.89. The normalized spacial score (nSPS) is 10.4. The Morgan fingerprint density at radius 3 is 3.08 bits per heavy atom. The first-order valence-corrected chi connectivity index (χ1v) is 3.62. The summed E-state index contributed by atoms with van der Waals surface area (Å²) in [6, 6.07) is 5.48. The van der Waals surface area contributed by atoms with Crippen LogP contribution in [0.4, 0.5) is 0 Å². The molecule has 12 heavy (non-hydrogen) atoms. The van der Waals surface area contributed by atoms with Crippen LogP contribution in [-0.2, 0) is 11.8 Å². The van der Waals surface area contributed by atoms with Gasteiger partial charge in [0.05, 0.1) is 11.7 Å². The highest BCUT2D eigenvalue weighted by atomic mass is 16.1. The van der Waals surface area contributed by atoms with Crippen molar-refractivity contribution in [1.82, 2.24) is 9.78 Å². The fourth-order valence-electron chi connectivity index (χ4n) is 1.27. The molecular weight excluding hydrogens is 152 g/mol. The number of aryl methyl sites for hydroxylation is 1. The lowest BCUT2D eigenvalue weighted by molar-refractivity contribution is 0.563. The molecule has 0 bridgehead atoms. The first-order chi connectivity index (χ1) is 5.83. The smallest absolute Gasteiger partial charge is 0.234 e. The molecule has 2 rings (SSSR count). The van der Waals surface area contributed by atoms with Gasteiger partial charge in [-0.3, -0.25) is 9.48 Å². The number of fused-ring (bicyclic) bond motifs is 1.